The van der Waals surface area contributed by atoms with E-state index >= 15 is 0 Å². The second-order valence-electron chi connectivity index (χ2n) is 7.55. The van der Waals surface area contributed by atoms with E-state index in [0.717, 1.165) is 38.2 Å². The summed E-state index contributed by atoms with van der Waals surface area (Å²) < 4.78 is 48.2. The van der Waals surface area contributed by atoms with Gasteiger partial charge in [-0.1, -0.05) is 36.6 Å². The molecule has 152 valence electrons. The largest absolute Gasteiger partial charge is 0.383 e. The predicted molar refractivity (Wildman–Crippen MR) is 113 cm³/mol. The summed E-state index contributed by atoms with van der Waals surface area (Å²) in [5, 5.41) is 3.97. The number of benzene rings is 2. The number of sulfone groups is 2. The van der Waals surface area contributed by atoms with Gasteiger partial charge in [0, 0.05) is 29.5 Å². The molecule has 3 rings (SSSR count). The molecule has 1 fully saturated rings. The van der Waals surface area contributed by atoms with Gasteiger partial charge in [0.25, 0.3) is 0 Å². The van der Waals surface area contributed by atoms with Gasteiger partial charge in [0.1, 0.15) is 0 Å². The molecule has 0 amide bonds. The van der Waals surface area contributed by atoms with Crippen LogP contribution in [-0.4, -0.2) is 35.9 Å². The average Bonchev–Trinajstić information content (AvgIpc) is 3.09. The summed E-state index contributed by atoms with van der Waals surface area (Å²) in [6.07, 6.45) is 6.36. The predicted octanol–water partition coefficient (Wildman–Crippen LogP) is 4.07. The highest BCUT2D eigenvalue weighted by Crippen LogP contribution is 2.42. The summed E-state index contributed by atoms with van der Waals surface area (Å²) >= 11 is 6.03. The van der Waals surface area contributed by atoms with E-state index in [1.807, 2.05) is 24.3 Å². The maximum absolute atomic E-state index is 12.3. The summed E-state index contributed by atoms with van der Waals surface area (Å²) in [4.78, 5) is -0.00793. The molecule has 0 unspecified atom stereocenters. The lowest BCUT2D eigenvalue weighted by molar-refractivity contribution is 0.466. The monoisotopic (exact) mass is 441 g/mol. The first-order chi connectivity index (χ1) is 13.0. The molecule has 28 heavy (non-hydrogen) atoms. The summed E-state index contributed by atoms with van der Waals surface area (Å²) in [5.41, 5.74) is 1.50. The fourth-order valence-corrected chi connectivity index (χ4v) is 5.60. The van der Waals surface area contributed by atoms with Crippen LogP contribution >= 0.6 is 11.6 Å². The van der Waals surface area contributed by atoms with Crippen molar-refractivity contribution < 1.29 is 16.8 Å². The van der Waals surface area contributed by atoms with Gasteiger partial charge >= 0.3 is 0 Å². The average molecular weight is 442 g/mol. The van der Waals surface area contributed by atoms with E-state index < -0.39 is 19.7 Å². The van der Waals surface area contributed by atoms with Crippen LogP contribution in [0.5, 0.6) is 0 Å². The van der Waals surface area contributed by atoms with Gasteiger partial charge in [-0.15, -0.1) is 0 Å². The highest BCUT2D eigenvalue weighted by Gasteiger charge is 2.35. The van der Waals surface area contributed by atoms with Crippen molar-refractivity contribution in [1.29, 1.82) is 0 Å². The molecule has 0 spiro atoms. The number of hydrogen-bond acceptors (Lipinski definition) is 5. The summed E-state index contributed by atoms with van der Waals surface area (Å²) in [6, 6.07) is 12.0. The van der Waals surface area contributed by atoms with Crippen LogP contribution in [0.15, 0.2) is 52.3 Å². The third-order valence-corrected chi connectivity index (χ3v) is 7.91. The molecular weight excluding hydrogens is 418 g/mol. The van der Waals surface area contributed by atoms with Crippen LogP contribution in [0.1, 0.15) is 31.2 Å². The van der Waals surface area contributed by atoms with Crippen molar-refractivity contribution in [2.75, 3.05) is 24.4 Å². The minimum atomic E-state index is -3.60. The van der Waals surface area contributed by atoms with Crippen molar-refractivity contribution >= 4 is 37.0 Å². The van der Waals surface area contributed by atoms with Crippen LogP contribution in [-0.2, 0) is 25.1 Å². The Balaban J connectivity index is 1.95. The first-order valence-electron chi connectivity index (χ1n) is 9.05. The van der Waals surface area contributed by atoms with Crippen molar-refractivity contribution in [2.45, 2.75) is 40.9 Å². The van der Waals surface area contributed by atoms with Crippen molar-refractivity contribution in [2.24, 2.45) is 0 Å². The molecule has 0 aromatic heterocycles. The summed E-state index contributed by atoms with van der Waals surface area (Å²) in [6.45, 7) is 0.565. The number of halogens is 1. The highest BCUT2D eigenvalue weighted by atomic mass is 35.5. The number of hydrogen-bond donors (Lipinski definition) is 1. The molecule has 0 aliphatic heterocycles. The fourth-order valence-electron chi connectivity index (χ4n) is 3.87. The zero-order valence-corrected chi connectivity index (χ0v) is 18.3. The molecule has 0 radical (unpaired) electrons. The van der Waals surface area contributed by atoms with Gasteiger partial charge in [0.15, 0.2) is 19.7 Å². The van der Waals surface area contributed by atoms with Crippen molar-refractivity contribution in [3.63, 3.8) is 0 Å². The van der Waals surface area contributed by atoms with Gasteiger partial charge in [-0.05, 0) is 48.7 Å². The van der Waals surface area contributed by atoms with E-state index in [0.29, 0.717) is 17.3 Å². The Morgan fingerprint density at radius 3 is 2.07 bits per heavy atom. The van der Waals surface area contributed by atoms with E-state index in [1.54, 1.807) is 0 Å². The Bertz CT molecular complexity index is 1070. The molecule has 1 saturated carbocycles. The smallest absolute Gasteiger partial charge is 0.177 e. The van der Waals surface area contributed by atoms with E-state index in [4.69, 9.17) is 11.6 Å². The standard InChI is InChI=1S/C20H24ClNO4S2/c1-27(23,24)17-9-10-18(19(13-17)28(2,25)26)22-14-20(11-3-4-12-20)15-5-7-16(21)8-6-15/h5-10,13,22H,3-4,11-12,14H2,1-2H3. The van der Waals surface area contributed by atoms with Crippen LogP contribution in [0.4, 0.5) is 5.69 Å². The van der Waals surface area contributed by atoms with Gasteiger partial charge in [-0.2, -0.15) is 0 Å². The minimum Gasteiger partial charge on any atom is -0.383 e. The van der Waals surface area contributed by atoms with Crippen LogP contribution in [0.25, 0.3) is 0 Å². The molecule has 0 bridgehead atoms. The lowest BCUT2D eigenvalue weighted by Gasteiger charge is -2.31. The van der Waals surface area contributed by atoms with Gasteiger partial charge in [0.05, 0.1) is 15.5 Å². The van der Waals surface area contributed by atoms with Gasteiger partial charge in [-0.25, -0.2) is 16.8 Å². The number of anilines is 1. The van der Waals surface area contributed by atoms with Crippen LogP contribution in [0.2, 0.25) is 5.02 Å². The molecule has 1 aliphatic rings. The molecule has 8 heteroatoms. The fraction of sp³-hybridized carbons (Fsp3) is 0.400. The Morgan fingerprint density at radius 2 is 1.54 bits per heavy atom. The van der Waals surface area contributed by atoms with Crippen LogP contribution < -0.4 is 5.32 Å². The second-order valence-corrected chi connectivity index (χ2v) is 12.0. The Hall–Kier alpha value is -1.57. The molecule has 0 saturated heterocycles. The third-order valence-electron chi connectivity index (χ3n) is 5.42. The molecule has 2 aromatic carbocycles. The molecule has 0 atom stereocenters. The van der Waals surface area contributed by atoms with Gasteiger partial charge in [0.2, 0.25) is 0 Å². The zero-order chi connectivity index (χ0) is 20.6. The van der Waals surface area contributed by atoms with Crippen molar-refractivity contribution in [3.8, 4) is 0 Å². The first-order valence-corrected chi connectivity index (χ1v) is 13.2. The van der Waals surface area contributed by atoms with Crippen molar-refractivity contribution in [1.82, 2.24) is 0 Å². The van der Waals surface area contributed by atoms with E-state index in [-0.39, 0.29) is 15.2 Å². The van der Waals surface area contributed by atoms with E-state index in [1.165, 1.54) is 23.8 Å². The molecule has 0 heterocycles. The van der Waals surface area contributed by atoms with E-state index in [2.05, 4.69) is 5.32 Å². The number of nitrogens with one attached hydrogen (secondary N) is 1. The Kier molecular flexibility index (Phi) is 5.81. The molecule has 2 aromatic rings. The van der Waals surface area contributed by atoms with Gasteiger partial charge in [-0.3, -0.25) is 0 Å². The zero-order valence-electron chi connectivity index (χ0n) is 15.9. The molecular formula is C20H24ClNO4S2. The molecule has 1 aliphatic carbocycles. The minimum absolute atomic E-state index is 0.000298. The van der Waals surface area contributed by atoms with Gasteiger partial charge < -0.3 is 5.32 Å². The maximum Gasteiger partial charge on any atom is 0.177 e. The van der Waals surface area contributed by atoms with Crippen molar-refractivity contribution in [3.05, 3.63) is 53.1 Å². The SMILES string of the molecule is CS(=O)(=O)c1ccc(NCC2(c3ccc(Cl)cc3)CCCC2)c(S(C)(=O)=O)c1. The molecule has 1 N–H and O–H groups in total. The molecule has 5 nitrogen and oxygen atoms in total. The topological polar surface area (TPSA) is 80.3 Å². The van der Waals surface area contributed by atoms with Crippen LogP contribution in [0, 0.1) is 0 Å². The summed E-state index contributed by atoms with van der Waals surface area (Å²) in [5.74, 6) is 0. The second kappa shape index (κ2) is 7.69. The lowest BCUT2D eigenvalue weighted by atomic mass is 9.79. The highest BCUT2D eigenvalue weighted by molar-refractivity contribution is 7.91. The summed E-state index contributed by atoms with van der Waals surface area (Å²) in [7, 11) is -7.09. The normalized spacial score (nSPS) is 16.8. The quantitative estimate of drug-likeness (QED) is 0.730. The first kappa shape index (κ1) is 21.1. The van der Waals surface area contributed by atoms with Crippen LogP contribution in [0.3, 0.4) is 0 Å². The number of rotatable bonds is 6. The Labute approximate surface area is 172 Å². The van der Waals surface area contributed by atoms with E-state index in [9.17, 15) is 16.8 Å². The Morgan fingerprint density at radius 1 is 0.929 bits per heavy atom. The maximum atomic E-state index is 12.3. The third kappa shape index (κ3) is 4.53. The lowest BCUT2D eigenvalue weighted by Crippen LogP contribution is -2.31.